The van der Waals surface area contributed by atoms with Crippen molar-refractivity contribution in [3.8, 4) is 5.75 Å². The number of carboxylic acids is 1. The lowest BCUT2D eigenvalue weighted by molar-refractivity contribution is -0.139. The Labute approximate surface area is 125 Å². The lowest BCUT2D eigenvalue weighted by Gasteiger charge is -2.21. The molecule has 0 aromatic heterocycles. The van der Waals surface area contributed by atoms with Gasteiger partial charge in [0.15, 0.2) is 11.6 Å². The molecule has 4 nitrogen and oxygen atoms in total. The first-order chi connectivity index (χ1) is 9.74. The van der Waals surface area contributed by atoms with Crippen molar-refractivity contribution in [3.05, 3.63) is 29.6 Å². The largest absolute Gasteiger partial charge is 0.494 e. The van der Waals surface area contributed by atoms with E-state index in [1.165, 1.54) is 13.2 Å². The third-order valence-corrected chi connectivity index (χ3v) is 3.28. The highest BCUT2D eigenvalue weighted by Crippen LogP contribution is 2.23. The minimum Gasteiger partial charge on any atom is -0.494 e. The Morgan fingerprint density at radius 3 is 2.62 bits per heavy atom. The summed E-state index contributed by atoms with van der Waals surface area (Å²) in [5.41, 5.74) is 0.465. The summed E-state index contributed by atoms with van der Waals surface area (Å²) in [6, 6.07) is 4.15. The van der Waals surface area contributed by atoms with Gasteiger partial charge in [-0.2, -0.15) is 0 Å². The highest BCUT2D eigenvalue weighted by atomic mass is 19.1. The van der Waals surface area contributed by atoms with Gasteiger partial charge in [-0.3, -0.25) is 4.79 Å². The molecule has 0 heterocycles. The van der Waals surface area contributed by atoms with Gasteiger partial charge in [0.05, 0.1) is 7.11 Å². The fraction of sp³-hybridized carbons (Fsp3) is 0.562. The van der Waals surface area contributed by atoms with Crippen molar-refractivity contribution in [2.24, 2.45) is 5.41 Å². The molecule has 1 rings (SSSR count). The number of hydrogen-bond acceptors (Lipinski definition) is 3. The quantitative estimate of drug-likeness (QED) is 0.811. The molecule has 0 aliphatic heterocycles. The van der Waals surface area contributed by atoms with Crippen LogP contribution in [0.4, 0.5) is 4.39 Å². The Hall–Kier alpha value is -1.62. The number of ether oxygens (including phenoxy) is 1. The number of rotatable bonds is 7. The molecular weight excluding hydrogens is 273 g/mol. The molecule has 118 valence electrons. The highest BCUT2D eigenvalue weighted by Gasteiger charge is 2.21. The van der Waals surface area contributed by atoms with E-state index in [9.17, 15) is 14.3 Å². The second-order valence-corrected chi connectivity index (χ2v) is 6.30. The maximum Gasteiger partial charge on any atom is 0.320 e. The molecule has 0 aliphatic carbocycles. The van der Waals surface area contributed by atoms with E-state index in [-0.39, 0.29) is 17.7 Å². The number of benzene rings is 1. The van der Waals surface area contributed by atoms with Crippen LogP contribution in [0.1, 0.15) is 39.2 Å². The van der Waals surface area contributed by atoms with Crippen LogP contribution in [0.2, 0.25) is 0 Å². The number of carbonyl (C=O) groups is 1. The van der Waals surface area contributed by atoms with Crippen LogP contribution < -0.4 is 10.1 Å². The van der Waals surface area contributed by atoms with Gasteiger partial charge in [-0.25, -0.2) is 4.39 Å². The molecule has 0 bridgehead atoms. The molecule has 2 N–H and O–H groups in total. The lowest BCUT2D eigenvalue weighted by atomic mass is 9.88. The standard InChI is InChI=1S/C16H24FNO3/c1-16(2,3)9-8-12(15(19)20)18-10-11-6-5-7-13(21-4)14(11)17/h5-7,12,18H,8-10H2,1-4H3,(H,19,20)/t12-/m0/s1. The Morgan fingerprint density at radius 1 is 1.43 bits per heavy atom. The molecule has 0 saturated carbocycles. The number of methoxy groups -OCH3 is 1. The molecule has 0 radical (unpaired) electrons. The molecular formula is C16H24FNO3. The maximum atomic E-state index is 14.0. The smallest absolute Gasteiger partial charge is 0.320 e. The van der Waals surface area contributed by atoms with Crippen LogP contribution in [0.5, 0.6) is 5.75 Å². The molecule has 1 atom stereocenters. The number of nitrogens with one attached hydrogen (secondary N) is 1. The van der Waals surface area contributed by atoms with E-state index >= 15 is 0 Å². The second-order valence-electron chi connectivity index (χ2n) is 6.30. The van der Waals surface area contributed by atoms with Crippen molar-refractivity contribution in [1.29, 1.82) is 0 Å². The van der Waals surface area contributed by atoms with Crippen molar-refractivity contribution in [1.82, 2.24) is 5.32 Å². The first-order valence-corrected chi connectivity index (χ1v) is 7.02. The van der Waals surface area contributed by atoms with E-state index in [1.54, 1.807) is 12.1 Å². The predicted molar refractivity (Wildman–Crippen MR) is 79.9 cm³/mol. The van der Waals surface area contributed by atoms with Gasteiger partial charge in [-0.1, -0.05) is 32.9 Å². The van der Waals surface area contributed by atoms with E-state index in [1.807, 2.05) is 0 Å². The summed E-state index contributed by atoms with van der Waals surface area (Å²) in [6.07, 6.45) is 1.28. The van der Waals surface area contributed by atoms with E-state index in [2.05, 4.69) is 26.1 Å². The van der Waals surface area contributed by atoms with E-state index in [4.69, 9.17) is 4.74 Å². The van der Waals surface area contributed by atoms with Crippen molar-refractivity contribution in [3.63, 3.8) is 0 Å². The maximum absolute atomic E-state index is 14.0. The zero-order valence-electron chi connectivity index (χ0n) is 13.1. The summed E-state index contributed by atoms with van der Waals surface area (Å²) in [4.78, 5) is 11.3. The minimum atomic E-state index is -0.914. The monoisotopic (exact) mass is 297 g/mol. The molecule has 0 amide bonds. The molecule has 5 heteroatoms. The Kier molecular flexibility index (Phi) is 6.15. The van der Waals surface area contributed by atoms with Crippen LogP contribution in [0.3, 0.4) is 0 Å². The third kappa shape index (κ3) is 5.71. The van der Waals surface area contributed by atoms with Gasteiger partial charge >= 0.3 is 5.97 Å². The Bertz CT molecular complexity index is 483. The molecule has 0 saturated heterocycles. The van der Waals surface area contributed by atoms with E-state index < -0.39 is 17.8 Å². The van der Waals surface area contributed by atoms with E-state index in [0.29, 0.717) is 12.0 Å². The van der Waals surface area contributed by atoms with Crippen LogP contribution in [0.15, 0.2) is 18.2 Å². The summed E-state index contributed by atoms with van der Waals surface area (Å²) >= 11 is 0. The van der Waals surface area contributed by atoms with Crippen LogP contribution in [-0.4, -0.2) is 24.2 Å². The van der Waals surface area contributed by atoms with Crippen LogP contribution in [0, 0.1) is 11.2 Å². The molecule has 1 aromatic carbocycles. The van der Waals surface area contributed by atoms with Gasteiger partial charge in [0.2, 0.25) is 0 Å². The number of hydrogen-bond donors (Lipinski definition) is 2. The molecule has 1 aromatic rings. The topological polar surface area (TPSA) is 58.6 Å². The number of halogens is 1. The van der Waals surface area contributed by atoms with E-state index in [0.717, 1.165) is 6.42 Å². The normalized spacial score (nSPS) is 13.0. The summed E-state index contributed by atoms with van der Waals surface area (Å²) in [5, 5.41) is 12.1. The number of carboxylic acid groups (broad SMARTS) is 1. The molecule has 0 aliphatic rings. The first-order valence-electron chi connectivity index (χ1n) is 7.02. The van der Waals surface area contributed by atoms with Gasteiger partial charge in [0.25, 0.3) is 0 Å². The van der Waals surface area contributed by atoms with Crippen LogP contribution >= 0.6 is 0 Å². The number of aliphatic carboxylic acids is 1. The summed E-state index contributed by atoms with van der Waals surface area (Å²) in [6.45, 7) is 6.35. The highest BCUT2D eigenvalue weighted by molar-refractivity contribution is 5.73. The van der Waals surface area contributed by atoms with Gasteiger partial charge in [-0.15, -0.1) is 0 Å². The summed E-state index contributed by atoms with van der Waals surface area (Å²) < 4.78 is 18.9. The van der Waals surface area contributed by atoms with Gasteiger partial charge in [0, 0.05) is 12.1 Å². The minimum absolute atomic E-state index is 0.0661. The second kappa shape index (κ2) is 7.41. The first kappa shape index (κ1) is 17.4. The van der Waals surface area contributed by atoms with Crippen LogP contribution in [0.25, 0.3) is 0 Å². The average molecular weight is 297 g/mol. The third-order valence-electron chi connectivity index (χ3n) is 3.28. The molecule has 0 fully saturated rings. The van der Waals surface area contributed by atoms with Gasteiger partial charge in [-0.05, 0) is 24.3 Å². The predicted octanol–water partition coefficient (Wildman–Crippen LogP) is 3.20. The lowest BCUT2D eigenvalue weighted by Crippen LogP contribution is -2.37. The zero-order chi connectivity index (χ0) is 16.0. The van der Waals surface area contributed by atoms with Crippen molar-refractivity contribution < 1.29 is 19.0 Å². The van der Waals surface area contributed by atoms with Gasteiger partial charge < -0.3 is 15.2 Å². The Morgan fingerprint density at radius 2 is 2.10 bits per heavy atom. The van der Waals surface area contributed by atoms with Crippen molar-refractivity contribution in [2.75, 3.05) is 7.11 Å². The fourth-order valence-corrected chi connectivity index (χ4v) is 1.97. The zero-order valence-corrected chi connectivity index (χ0v) is 13.1. The van der Waals surface area contributed by atoms with Crippen molar-refractivity contribution >= 4 is 5.97 Å². The van der Waals surface area contributed by atoms with Crippen LogP contribution in [-0.2, 0) is 11.3 Å². The summed E-state index contributed by atoms with van der Waals surface area (Å²) in [5.74, 6) is -1.20. The molecule has 0 unspecified atom stereocenters. The SMILES string of the molecule is COc1cccc(CN[C@@H](CCC(C)(C)C)C(=O)O)c1F. The van der Waals surface area contributed by atoms with Crippen molar-refractivity contribution in [2.45, 2.75) is 46.2 Å². The Balaban J connectivity index is 2.67. The molecule has 0 spiro atoms. The van der Waals surface area contributed by atoms with Gasteiger partial charge in [0.1, 0.15) is 6.04 Å². The summed E-state index contributed by atoms with van der Waals surface area (Å²) in [7, 11) is 1.40. The molecule has 21 heavy (non-hydrogen) atoms. The average Bonchev–Trinajstić information content (AvgIpc) is 2.38. The fourth-order valence-electron chi connectivity index (χ4n) is 1.97.